The molecule has 3 aliphatic heterocycles. The van der Waals surface area contributed by atoms with Gasteiger partial charge in [-0.25, -0.2) is 0 Å². The molecular formula is C51H74O6. The van der Waals surface area contributed by atoms with Crippen LogP contribution < -0.4 is 14.2 Å². The molecule has 0 saturated carbocycles. The SMILES string of the molecule is CCC.CCC.CCC.CCC.c1ccc(OCC2CO2)cc1.c1ccc(OCC2CO2)cc1.c1ccc(OCC2CO2)cc1.c1ccccc1.c1ccccc1. The van der Waals surface area contributed by atoms with Gasteiger partial charge in [0.05, 0.1) is 19.8 Å². The van der Waals surface area contributed by atoms with Crippen molar-refractivity contribution in [1.29, 1.82) is 0 Å². The molecule has 0 spiro atoms. The lowest BCUT2D eigenvalue weighted by atomic mass is 10.3. The highest BCUT2D eigenvalue weighted by atomic mass is 16.6. The third-order valence-corrected chi connectivity index (χ3v) is 6.08. The van der Waals surface area contributed by atoms with Gasteiger partial charge in [-0.2, -0.15) is 0 Å². The Kier molecular flexibility index (Phi) is 37.7. The fourth-order valence-corrected chi connectivity index (χ4v) is 3.38. The first-order valence-corrected chi connectivity index (χ1v) is 20.9. The van der Waals surface area contributed by atoms with Gasteiger partial charge in [0.25, 0.3) is 0 Å². The van der Waals surface area contributed by atoms with E-state index in [-0.39, 0.29) is 0 Å². The molecule has 3 atom stereocenters. The highest BCUT2D eigenvalue weighted by Crippen LogP contribution is 2.15. The summed E-state index contributed by atoms with van der Waals surface area (Å²) in [6, 6.07) is 53.4. The van der Waals surface area contributed by atoms with Gasteiger partial charge in [0.1, 0.15) is 55.4 Å². The molecule has 3 unspecified atom stereocenters. The van der Waals surface area contributed by atoms with Gasteiger partial charge in [-0.05, 0) is 36.4 Å². The van der Waals surface area contributed by atoms with Gasteiger partial charge < -0.3 is 28.4 Å². The predicted octanol–water partition coefficient (Wildman–Crippen LogP) is 13.4. The Labute approximate surface area is 347 Å². The van der Waals surface area contributed by atoms with Crippen LogP contribution in [0.4, 0.5) is 0 Å². The first-order chi connectivity index (χ1) is 28.0. The number of benzene rings is 5. The summed E-state index contributed by atoms with van der Waals surface area (Å²) in [6.07, 6.45) is 6.03. The van der Waals surface area contributed by atoms with Crippen LogP contribution in [0, 0.1) is 0 Å². The Hall–Kier alpha value is -4.62. The van der Waals surface area contributed by atoms with Crippen LogP contribution >= 0.6 is 0 Å². The molecule has 0 bridgehead atoms. The van der Waals surface area contributed by atoms with Crippen molar-refractivity contribution in [2.24, 2.45) is 0 Å². The number of hydrogen-bond acceptors (Lipinski definition) is 6. The van der Waals surface area contributed by atoms with Gasteiger partial charge in [-0.1, -0.05) is 208 Å². The molecule has 8 rings (SSSR count). The molecule has 57 heavy (non-hydrogen) atoms. The van der Waals surface area contributed by atoms with E-state index >= 15 is 0 Å². The van der Waals surface area contributed by atoms with Crippen molar-refractivity contribution in [1.82, 2.24) is 0 Å². The molecule has 0 N–H and O–H groups in total. The first-order valence-electron chi connectivity index (χ1n) is 20.9. The molecular weight excluding hydrogens is 709 g/mol. The van der Waals surface area contributed by atoms with Gasteiger partial charge in [0.2, 0.25) is 0 Å². The molecule has 0 amide bonds. The van der Waals surface area contributed by atoms with Crippen molar-refractivity contribution in [3.05, 3.63) is 164 Å². The summed E-state index contributed by atoms with van der Waals surface area (Å²) >= 11 is 0. The normalized spacial score (nSPS) is 15.3. The van der Waals surface area contributed by atoms with Crippen molar-refractivity contribution in [2.45, 2.75) is 99.4 Å². The van der Waals surface area contributed by atoms with E-state index in [0.717, 1.165) is 37.1 Å². The van der Waals surface area contributed by atoms with Crippen molar-refractivity contribution in [2.75, 3.05) is 39.6 Å². The molecule has 3 fully saturated rings. The average molecular weight is 783 g/mol. The molecule has 3 saturated heterocycles. The minimum absolute atomic E-state index is 0.343. The zero-order chi connectivity index (χ0) is 41.9. The van der Waals surface area contributed by atoms with Crippen LogP contribution in [0.25, 0.3) is 0 Å². The van der Waals surface area contributed by atoms with Gasteiger partial charge in [-0.15, -0.1) is 0 Å². The van der Waals surface area contributed by atoms with E-state index in [9.17, 15) is 0 Å². The van der Waals surface area contributed by atoms with Crippen LogP contribution in [0.2, 0.25) is 0 Å². The molecule has 6 heteroatoms. The third kappa shape index (κ3) is 40.8. The summed E-state index contributed by atoms with van der Waals surface area (Å²) in [7, 11) is 0. The zero-order valence-electron chi connectivity index (χ0n) is 36.3. The van der Waals surface area contributed by atoms with Gasteiger partial charge in [0, 0.05) is 0 Å². The zero-order valence-corrected chi connectivity index (χ0v) is 36.3. The maximum Gasteiger partial charge on any atom is 0.119 e. The van der Waals surface area contributed by atoms with Crippen LogP contribution in [-0.2, 0) is 14.2 Å². The Morgan fingerprint density at radius 3 is 0.596 bits per heavy atom. The van der Waals surface area contributed by atoms with E-state index in [1.54, 1.807) is 0 Å². The van der Waals surface area contributed by atoms with E-state index in [0.29, 0.717) is 38.1 Å². The number of para-hydroxylation sites is 3. The third-order valence-electron chi connectivity index (χ3n) is 6.08. The number of hydrogen-bond donors (Lipinski definition) is 0. The summed E-state index contributed by atoms with van der Waals surface area (Å²) < 4.78 is 31.2. The molecule has 0 aliphatic carbocycles. The number of rotatable bonds is 9. The lowest BCUT2D eigenvalue weighted by Crippen LogP contribution is -2.03. The predicted molar refractivity (Wildman–Crippen MR) is 242 cm³/mol. The van der Waals surface area contributed by atoms with E-state index in [1.165, 1.54) is 25.7 Å². The van der Waals surface area contributed by atoms with E-state index < -0.39 is 0 Å². The molecule has 6 nitrogen and oxygen atoms in total. The summed E-state index contributed by atoms with van der Waals surface area (Å²) in [4.78, 5) is 0. The first kappa shape index (κ1) is 52.4. The maximum absolute atomic E-state index is 5.40. The van der Waals surface area contributed by atoms with Crippen LogP contribution in [0.1, 0.15) is 81.1 Å². The van der Waals surface area contributed by atoms with Crippen molar-refractivity contribution in [3.63, 3.8) is 0 Å². The molecule has 5 aromatic rings. The second kappa shape index (κ2) is 41.0. The summed E-state index contributed by atoms with van der Waals surface area (Å²) in [5.41, 5.74) is 0. The topological polar surface area (TPSA) is 65.3 Å². The Balaban J connectivity index is 0.000000653. The van der Waals surface area contributed by atoms with Crippen molar-refractivity contribution in [3.8, 4) is 17.2 Å². The van der Waals surface area contributed by atoms with Gasteiger partial charge >= 0.3 is 0 Å². The summed E-state index contributed by atoms with van der Waals surface area (Å²) in [5, 5.41) is 0. The van der Waals surface area contributed by atoms with E-state index in [4.69, 9.17) is 28.4 Å². The number of ether oxygens (including phenoxy) is 6. The van der Waals surface area contributed by atoms with Crippen LogP contribution in [0.3, 0.4) is 0 Å². The van der Waals surface area contributed by atoms with Gasteiger partial charge in [-0.3, -0.25) is 0 Å². The monoisotopic (exact) mass is 783 g/mol. The van der Waals surface area contributed by atoms with Crippen LogP contribution in [0.15, 0.2) is 164 Å². The average Bonchev–Trinajstić information content (AvgIpc) is 4.11. The highest BCUT2D eigenvalue weighted by Gasteiger charge is 2.24. The summed E-state index contributed by atoms with van der Waals surface area (Å²) in [5.74, 6) is 2.76. The van der Waals surface area contributed by atoms with Crippen molar-refractivity contribution < 1.29 is 28.4 Å². The lowest BCUT2D eigenvalue weighted by Gasteiger charge is -2.01. The quantitative estimate of drug-likeness (QED) is 0.139. The molecule has 3 heterocycles. The molecule has 314 valence electrons. The molecule has 0 aromatic heterocycles. The molecule has 3 aliphatic rings. The van der Waals surface area contributed by atoms with Gasteiger partial charge in [0.15, 0.2) is 0 Å². The van der Waals surface area contributed by atoms with Crippen LogP contribution in [0.5, 0.6) is 17.2 Å². The molecule has 5 aromatic carbocycles. The fourth-order valence-electron chi connectivity index (χ4n) is 3.38. The summed E-state index contributed by atoms with van der Waals surface area (Å²) in [6.45, 7) is 21.6. The standard InChI is InChI=1S/3C9H10O2.2C6H6.4C3H8/c3*1-2-4-8(5-3-1)10-6-9-7-11-9;2*1-2-4-6-5-3-1;4*1-3-2/h3*1-5,9H,6-7H2;2*1-6H;4*3H2,1-2H3. The smallest absolute Gasteiger partial charge is 0.119 e. The molecule has 0 radical (unpaired) electrons. The Bertz CT molecular complexity index is 1200. The lowest BCUT2D eigenvalue weighted by molar-refractivity contribution is 0.263. The van der Waals surface area contributed by atoms with Crippen molar-refractivity contribution >= 4 is 0 Å². The fraction of sp³-hybridized carbons (Fsp3) is 0.412. The second-order valence-corrected chi connectivity index (χ2v) is 12.9. The van der Waals surface area contributed by atoms with Crippen LogP contribution in [-0.4, -0.2) is 58.0 Å². The Morgan fingerprint density at radius 2 is 0.456 bits per heavy atom. The van der Waals surface area contributed by atoms with E-state index in [1.807, 2.05) is 164 Å². The Morgan fingerprint density at radius 1 is 0.316 bits per heavy atom. The minimum atomic E-state index is 0.343. The number of epoxide rings is 3. The highest BCUT2D eigenvalue weighted by molar-refractivity contribution is 5.22. The van der Waals surface area contributed by atoms with E-state index in [2.05, 4.69) is 55.4 Å². The second-order valence-electron chi connectivity index (χ2n) is 12.9. The maximum atomic E-state index is 5.40. The largest absolute Gasteiger partial charge is 0.491 e. The minimum Gasteiger partial charge on any atom is -0.491 e.